The van der Waals surface area contributed by atoms with Crippen molar-refractivity contribution in [2.24, 2.45) is 0 Å². The topological polar surface area (TPSA) is 118 Å². The lowest BCUT2D eigenvalue weighted by Crippen LogP contribution is -2.49. The number of amides is 1. The summed E-state index contributed by atoms with van der Waals surface area (Å²) in [6, 6.07) is 28.3. The second kappa shape index (κ2) is 14.9. The number of nitrogens with zero attached hydrogens (tertiary/aromatic N) is 4. The Balaban J connectivity index is 1.11. The number of carbonyl (C=O) groups excluding carboxylic acids is 1. The molecule has 1 aromatic heterocycles. The lowest BCUT2D eigenvalue weighted by atomic mass is 10.0. The molecule has 1 fully saturated rings. The lowest BCUT2D eigenvalue weighted by molar-refractivity contribution is 0.0681. The van der Waals surface area contributed by atoms with Gasteiger partial charge in [-0.1, -0.05) is 72.3 Å². The number of aromatic nitrogens is 1. The molecule has 0 radical (unpaired) electrons. The molecular weight excluding hydrogens is 674 g/mol. The van der Waals surface area contributed by atoms with E-state index in [1.807, 2.05) is 71.9 Å². The first kappa shape index (κ1) is 33.6. The highest BCUT2D eigenvalue weighted by molar-refractivity contribution is 6.31. The van der Waals surface area contributed by atoms with E-state index in [4.69, 9.17) is 16.3 Å². The van der Waals surface area contributed by atoms with Crippen LogP contribution in [-0.2, 0) is 11.3 Å². The van der Waals surface area contributed by atoms with Crippen molar-refractivity contribution in [2.45, 2.75) is 31.5 Å². The normalized spacial score (nSPS) is 15.1. The molecule has 1 unspecified atom stereocenters. The number of carbonyl (C=O) groups is 1. The minimum absolute atomic E-state index is 0.0628. The van der Waals surface area contributed by atoms with Gasteiger partial charge in [0.05, 0.1) is 28.0 Å². The van der Waals surface area contributed by atoms with Gasteiger partial charge in [-0.25, -0.2) is 13.6 Å². The summed E-state index contributed by atoms with van der Waals surface area (Å²) in [7, 11) is 0. The van der Waals surface area contributed by atoms with Crippen LogP contribution in [0.15, 0.2) is 109 Å². The second-order valence-corrected chi connectivity index (χ2v) is 12.6. The molecule has 1 atom stereocenters. The fourth-order valence-corrected chi connectivity index (χ4v) is 6.44. The summed E-state index contributed by atoms with van der Waals surface area (Å²) < 4.78 is 35.1. The number of nitriles is 1. The molecule has 7 rings (SSSR count). The highest BCUT2D eigenvalue weighted by Crippen LogP contribution is 2.35. The number of hydrogen-bond acceptors (Lipinski definition) is 9. The second-order valence-electron chi connectivity index (χ2n) is 12.2. The molecule has 2 aliphatic heterocycles. The van der Waals surface area contributed by atoms with Gasteiger partial charge in [-0.2, -0.15) is 5.26 Å². The van der Waals surface area contributed by atoms with E-state index in [9.17, 15) is 14.4 Å². The first-order chi connectivity index (χ1) is 24.9. The van der Waals surface area contributed by atoms with Crippen LogP contribution in [0, 0.1) is 23.0 Å². The van der Waals surface area contributed by atoms with Gasteiger partial charge in [-0.15, -0.1) is 5.53 Å². The Morgan fingerprint density at radius 1 is 1.00 bits per heavy atom. The Kier molecular flexibility index (Phi) is 9.83. The fraction of sp³-hybridized carbons (Fsp3) is 0.184. The van der Waals surface area contributed by atoms with Gasteiger partial charge in [-0.3, -0.25) is 9.99 Å². The molecule has 51 heavy (non-hydrogen) atoms. The zero-order chi connectivity index (χ0) is 35.3. The van der Waals surface area contributed by atoms with Gasteiger partial charge < -0.3 is 25.7 Å². The van der Waals surface area contributed by atoms with Crippen molar-refractivity contribution >= 4 is 45.7 Å². The van der Waals surface area contributed by atoms with Gasteiger partial charge in [0.25, 0.3) is 0 Å². The summed E-state index contributed by atoms with van der Waals surface area (Å²) in [4.78, 5) is 18.7. The maximum absolute atomic E-state index is 15.7. The maximum atomic E-state index is 15.7. The summed E-state index contributed by atoms with van der Waals surface area (Å²) in [6.45, 7) is 1.33. The van der Waals surface area contributed by atoms with Crippen LogP contribution < -0.4 is 21.6 Å². The zero-order valence-corrected chi connectivity index (χ0v) is 28.0. The minimum Gasteiger partial charge on any atom is -0.445 e. The number of piperidine rings is 1. The van der Waals surface area contributed by atoms with Crippen LogP contribution in [0.3, 0.4) is 0 Å². The molecule has 4 aromatic carbocycles. The number of hydrazine groups is 2. The van der Waals surface area contributed by atoms with Crippen LogP contribution in [-0.4, -0.2) is 40.1 Å². The van der Waals surface area contributed by atoms with E-state index in [1.165, 1.54) is 30.5 Å². The number of fused-ring (bicyclic) bond motifs is 1. The molecule has 10 nitrogen and oxygen atoms in total. The van der Waals surface area contributed by atoms with E-state index < -0.39 is 17.7 Å². The monoisotopic (exact) mass is 706 g/mol. The molecule has 5 aromatic rings. The van der Waals surface area contributed by atoms with Crippen LogP contribution in [0.4, 0.5) is 30.6 Å². The van der Waals surface area contributed by atoms with Gasteiger partial charge in [0.1, 0.15) is 24.0 Å². The van der Waals surface area contributed by atoms with Crippen molar-refractivity contribution in [1.29, 1.82) is 5.26 Å². The molecule has 3 heterocycles. The Labute approximate surface area is 298 Å². The average Bonchev–Trinajstić information content (AvgIpc) is 3.65. The van der Waals surface area contributed by atoms with Crippen LogP contribution in [0.1, 0.15) is 35.6 Å². The van der Waals surface area contributed by atoms with E-state index in [0.717, 1.165) is 29.7 Å². The van der Waals surface area contributed by atoms with Crippen molar-refractivity contribution < 1.29 is 18.3 Å². The fourth-order valence-electron chi connectivity index (χ4n) is 6.26. The number of rotatable bonds is 9. The molecule has 0 aliphatic carbocycles. The first-order valence-corrected chi connectivity index (χ1v) is 16.8. The lowest BCUT2D eigenvalue weighted by Gasteiger charge is -2.35. The average molecular weight is 707 g/mol. The Hall–Kier alpha value is -5.90. The number of hydrogen-bond donors (Lipinski definition) is 4. The minimum atomic E-state index is -0.589. The predicted octanol–water partition coefficient (Wildman–Crippen LogP) is 7.90. The van der Waals surface area contributed by atoms with Crippen LogP contribution >= 0.6 is 11.6 Å². The number of nitrogens with one attached hydrogen (secondary N) is 4. The van der Waals surface area contributed by atoms with Crippen molar-refractivity contribution in [3.05, 3.63) is 142 Å². The van der Waals surface area contributed by atoms with Gasteiger partial charge in [0, 0.05) is 48.3 Å². The molecule has 1 saturated heterocycles. The van der Waals surface area contributed by atoms with Crippen molar-refractivity contribution in [2.75, 3.05) is 23.7 Å². The molecule has 0 spiro atoms. The number of benzene rings is 4. The third-order valence-electron chi connectivity index (χ3n) is 8.92. The maximum Gasteiger partial charge on any atom is 0.410 e. The van der Waals surface area contributed by atoms with Gasteiger partial charge in [0.15, 0.2) is 5.82 Å². The molecule has 258 valence electrons. The number of halogens is 3. The largest absolute Gasteiger partial charge is 0.445 e. The molecular formula is C38H33ClF2N8O2. The van der Waals surface area contributed by atoms with Gasteiger partial charge in [-0.05, 0) is 54.3 Å². The zero-order valence-electron chi connectivity index (χ0n) is 27.2. The van der Waals surface area contributed by atoms with Crippen LogP contribution in [0.25, 0.3) is 10.9 Å². The number of likely N-dealkylation sites (tertiary alicyclic amines) is 1. The number of pyridine rings is 1. The standard InChI is InChI=1S/C38H33ClF2N8O2/c39-31-18-27(11-12-32(31)40)44-35-26(20-42)21-43-37-30(35)17-28(19-33(37)41)45-36(25-9-5-2-6-10-25)34-22-49(47-46-34)29-13-15-48(16-14-29)38(50)51-23-24-7-3-1-4-8-24/h1-12,17-19,21-22,29,36,45-47H,13-16,23H2,(H,43,44). The molecule has 2 aliphatic rings. The van der Waals surface area contributed by atoms with Gasteiger partial charge >= 0.3 is 6.09 Å². The first-order valence-electron chi connectivity index (χ1n) is 16.4. The molecule has 4 N–H and O–H groups in total. The molecule has 0 bridgehead atoms. The summed E-state index contributed by atoms with van der Waals surface area (Å²) in [5.41, 5.74) is 10.6. The van der Waals surface area contributed by atoms with E-state index in [0.29, 0.717) is 35.5 Å². The van der Waals surface area contributed by atoms with E-state index in [-0.39, 0.29) is 34.8 Å². The summed E-state index contributed by atoms with van der Waals surface area (Å²) in [6.07, 6.45) is 4.40. The third-order valence-corrected chi connectivity index (χ3v) is 9.21. The molecule has 13 heteroatoms. The summed E-state index contributed by atoms with van der Waals surface area (Å²) >= 11 is 6.01. The summed E-state index contributed by atoms with van der Waals surface area (Å²) in [5.74, 6) is -1.17. The number of ether oxygens (including phenoxy) is 1. The Bertz CT molecular complexity index is 2120. The third kappa shape index (κ3) is 7.50. The van der Waals surface area contributed by atoms with E-state index in [1.54, 1.807) is 11.0 Å². The van der Waals surface area contributed by atoms with Crippen LogP contribution in [0.5, 0.6) is 0 Å². The van der Waals surface area contributed by atoms with E-state index in [2.05, 4.69) is 32.6 Å². The Morgan fingerprint density at radius 3 is 2.47 bits per heavy atom. The van der Waals surface area contributed by atoms with Crippen LogP contribution in [0.2, 0.25) is 5.02 Å². The SMILES string of the molecule is N#Cc1cnc2c(F)cc(NC(C3=CN(C4CCN(C(=O)OCc5ccccc5)CC4)NN3)c3ccccc3)cc2c1Nc1ccc(F)c(Cl)c1. The Morgan fingerprint density at radius 2 is 1.75 bits per heavy atom. The predicted molar refractivity (Wildman–Crippen MR) is 191 cm³/mol. The number of anilines is 3. The van der Waals surface area contributed by atoms with Crippen molar-refractivity contribution in [1.82, 2.24) is 25.9 Å². The summed E-state index contributed by atoms with van der Waals surface area (Å²) in [5, 5.41) is 18.7. The van der Waals surface area contributed by atoms with Gasteiger partial charge in [0.2, 0.25) is 0 Å². The molecule has 1 amide bonds. The smallest absolute Gasteiger partial charge is 0.410 e. The van der Waals surface area contributed by atoms with Crippen molar-refractivity contribution in [3.63, 3.8) is 0 Å². The van der Waals surface area contributed by atoms with Crippen molar-refractivity contribution in [3.8, 4) is 6.07 Å². The molecule has 0 saturated carbocycles. The van der Waals surface area contributed by atoms with E-state index >= 15 is 4.39 Å². The highest BCUT2D eigenvalue weighted by atomic mass is 35.5. The highest BCUT2D eigenvalue weighted by Gasteiger charge is 2.31. The quantitative estimate of drug-likeness (QED) is 0.121.